The first-order valence-corrected chi connectivity index (χ1v) is 16.2. The van der Waals surface area contributed by atoms with E-state index in [0.29, 0.717) is 38.0 Å². The van der Waals surface area contributed by atoms with Crippen molar-refractivity contribution in [2.75, 3.05) is 19.6 Å². The molecular formula is C37H42N2O6. The summed E-state index contributed by atoms with van der Waals surface area (Å²) < 4.78 is 18.7. The molecule has 3 aromatic rings. The third-order valence-corrected chi connectivity index (χ3v) is 10.6. The Kier molecular flexibility index (Phi) is 7.51. The van der Waals surface area contributed by atoms with Crippen LogP contribution in [0.15, 0.2) is 71.6 Å². The topological polar surface area (TPSA) is 92.5 Å². The summed E-state index contributed by atoms with van der Waals surface area (Å²) in [6.45, 7) is 7.93. The number of nitrogens with zero attached hydrogens (tertiary/aromatic N) is 2. The molecule has 0 radical (unpaired) electrons. The van der Waals surface area contributed by atoms with Crippen molar-refractivity contribution in [1.29, 1.82) is 0 Å². The Labute approximate surface area is 264 Å². The molecule has 7 rings (SSSR count). The van der Waals surface area contributed by atoms with Gasteiger partial charge >= 0.3 is 5.97 Å². The molecule has 1 aromatic heterocycles. The summed E-state index contributed by atoms with van der Waals surface area (Å²) in [5, 5.41) is 11.2. The third kappa shape index (κ3) is 4.76. The Morgan fingerprint density at radius 2 is 1.98 bits per heavy atom. The van der Waals surface area contributed by atoms with Gasteiger partial charge < -0.3 is 23.9 Å². The Hall–Kier alpha value is -4.04. The molecule has 1 N–H and O–H groups in total. The molecule has 2 bridgehead atoms. The highest BCUT2D eigenvalue weighted by molar-refractivity contribution is 5.92. The number of hydrogen-bond donors (Lipinski definition) is 1. The third-order valence-electron chi connectivity index (χ3n) is 10.6. The summed E-state index contributed by atoms with van der Waals surface area (Å²) in [4.78, 5) is 31.5. The molecule has 4 aliphatic rings. The highest BCUT2D eigenvalue weighted by Crippen LogP contribution is 2.67. The van der Waals surface area contributed by atoms with E-state index in [1.54, 1.807) is 30.7 Å². The number of furan rings is 1. The zero-order chi connectivity index (χ0) is 31.3. The maximum Gasteiger partial charge on any atom is 0.303 e. The molecule has 2 aliphatic carbocycles. The molecule has 2 aliphatic heterocycles. The maximum absolute atomic E-state index is 14.0. The van der Waals surface area contributed by atoms with Crippen LogP contribution in [0.2, 0.25) is 0 Å². The fourth-order valence-electron chi connectivity index (χ4n) is 8.96. The van der Waals surface area contributed by atoms with Gasteiger partial charge in [0, 0.05) is 37.2 Å². The van der Waals surface area contributed by atoms with Crippen molar-refractivity contribution in [1.82, 2.24) is 9.80 Å². The average Bonchev–Trinajstić information content (AvgIpc) is 3.66. The summed E-state index contributed by atoms with van der Waals surface area (Å²) in [5.74, 6) is 0.405. The van der Waals surface area contributed by atoms with Gasteiger partial charge in [0.2, 0.25) is 5.91 Å². The average molecular weight is 611 g/mol. The fraction of sp³-hybridized carbons (Fsp3) is 0.459. The number of piperidine rings is 1. The van der Waals surface area contributed by atoms with Crippen LogP contribution in [0, 0.1) is 5.92 Å². The number of carbonyl (C=O) groups is 2. The van der Waals surface area contributed by atoms with Crippen LogP contribution < -0.4 is 4.74 Å². The van der Waals surface area contributed by atoms with Crippen molar-refractivity contribution in [3.8, 4) is 11.5 Å². The summed E-state index contributed by atoms with van der Waals surface area (Å²) in [5.41, 5.74) is 2.66. The smallest absolute Gasteiger partial charge is 0.303 e. The van der Waals surface area contributed by atoms with Crippen LogP contribution >= 0.6 is 0 Å². The standard InChI is InChI=1S/C37H42N2O6/c1-24(2)22-39(32(42)12-9-27-15-20-43-23-27)29-13-16-37(45-25(3)40)31-21-28-10-11-30(41)34-33(28)36(37,35(29)44-34)17-19-38(31)18-14-26-7-5-4-6-8-26/h4-12,15,20,23-24,29,31,35,41H,13-14,16-19,21-22H2,1-3H3/b12-9+/t29-,31-,35+,36+,37-/m1/s1. The number of benzene rings is 2. The van der Waals surface area contributed by atoms with Gasteiger partial charge in [-0.1, -0.05) is 50.2 Å². The minimum absolute atomic E-state index is 0.0517. The number of amides is 1. The molecule has 236 valence electrons. The maximum atomic E-state index is 14.0. The lowest BCUT2D eigenvalue weighted by Gasteiger charge is -2.65. The summed E-state index contributed by atoms with van der Waals surface area (Å²) in [6, 6.07) is 15.7. The highest BCUT2D eigenvalue weighted by atomic mass is 16.6. The Morgan fingerprint density at radius 1 is 1.16 bits per heavy atom. The number of aromatic hydroxyl groups is 1. The van der Waals surface area contributed by atoms with Crippen molar-refractivity contribution in [2.24, 2.45) is 5.92 Å². The van der Waals surface area contributed by atoms with Crippen LogP contribution in [0.3, 0.4) is 0 Å². The van der Waals surface area contributed by atoms with Gasteiger partial charge in [-0.15, -0.1) is 0 Å². The van der Waals surface area contributed by atoms with Crippen LogP contribution in [0.5, 0.6) is 11.5 Å². The number of phenolic OH excluding ortho intramolecular Hbond substituents is 1. The van der Waals surface area contributed by atoms with Crippen molar-refractivity contribution in [2.45, 2.75) is 82.1 Å². The van der Waals surface area contributed by atoms with E-state index >= 15 is 0 Å². The highest BCUT2D eigenvalue weighted by Gasteiger charge is 2.75. The lowest BCUT2D eigenvalue weighted by atomic mass is 9.48. The second kappa shape index (κ2) is 11.4. The van der Waals surface area contributed by atoms with Crippen LogP contribution in [-0.4, -0.2) is 70.2 Å². The second-order valence-corrected chi connectivity index (χ2v) is 13.6. The number of esters is 1. The second-order valence-electron chi connectivity index (χ2n) is 13.6. The number of rotatable bonds is 9. The lowest BCUT2D eigenvalue weighted by Crippen LogP contribution is -2.79. The molecule has 1 saturated heterocycles. The molecule has 45 heavy (non-hydrogen) atoms. The minimum Gasteiger partial charge on any atom is -0.504 e. The molecular weight excluding hydrogens is 568 g/mol. The molecule has 2 aromatic carbocycles. The molecule has 5 atom stereocenters. The van der Waals surface area contributed by atoms with E-state index in [1.807, 2.05) is 23.1 Å². The van der Waals surface area contributed by atoms with Gasteiger partial charge in [-0.05, 0) is 73.9 Å². The molecule has 0 unspecified atom stereocenters. The molecule has 2 fully saturated rings. The summed E-state index contributed by atoms with van der Waals surface area (Å²) in [6.07, 6.45) is 9.63. The molecule has 1 amide bonds. The van der Waals surface area contributed by atoms with Crippen LogP contribution in [0.4, 0.5) is 0 Å². The summed E-state index contributed by atoms with van der Waals surface area (Å²) in [7, 11) is 0. The first-order valence-electron chi connectivity index (χ1n) is 16.2. The number of hydrogen-bond acceptors (Lipinski definition) is 7. The van der Waals surface area contributed by atoms with Gasteiger partial charge in [-0.2, -0.15) is 0 Å². The zero-order valence-electron chi connectivity index (χ0n) is 26.3. The van der Waals surface area contributed by atoms with Gasteiger partial charge in [0.25, 0.3) is 0 Å². The lowest BCUT2D eigenvalue weighted by molar-refractivity contribution is -0.224. The zero-order valence-corrected chi connectivity index (χ0v) is 26.3. The number of ether oxygens (including phenoxy) is 2. The quantitative estimate of drug-likeness (QED) is 0.252. The Bertz CT molecular complexity index is 1600. The van der Waals surface area contributed by atoms with Gasteiger partial charge in [-0.3, -0.25) is 14.5 Å². The van der Waals surface area contributed by atoms with E-state index in [-0.39, 0.29) is 35.6 Å². The van der Waals surface area contributed by atoms with Gasteiger partial charge in [0.1, 0.15) is 11.7 Å². The van der Waals surface area contributed by atoms with E-state index in [0.717, 1.165) is 36.2 Å². The van der Waals surface area contributed by atoms with Crippen LogP contribution in [-0.2, 0) is 32.6 Å². The molecule has 8 nitrogen and oxygen atoms in total. The van der Waals surface area contributed by atoms with Crippen molar-refractivity contribution in [3.05, 3.63) is 89.4 Å². The van der Waals surface area contributed by atoms with Crippen molar-refractivity contribution < 1.29 is 28.6 Å². The Morgan fingerprint density at radius 3 is 2.71 bits per heavy atom. The monoisotopic (exact) mass is 610 g/mol. The molecule has 3 heterocycles. The van der Waals surface area contributed by atoms with Gasteiger partial charge in [0.05, 0.1) is 30.0 Å². The SMILES string of the molecule is CC(=O)O[C@@]12CC[C@@H](N(CC(C)C)C(=O)/C=C/c3ccoc3)[C@@H]3Oc4c(O)ccc5c4[C@@]31CCN(CCc1ccccc1)[C@@H]2C5. The van der Waals surface area contributed by atoms with E-state index in [1.165, 1.54) is 12.5 Å². The van der Waals surface area contributed by atoms with E-state index in [4.69, 9.17) is 13.9 Å². The van der Waals surface area contributed by atoms with Gasteiger partial charge in [-0.25, -0.2) is 0 Å². The first kappa shape index (κ1) is 29.7. The normalized spacial score (nSPS) is 28.1. The number of likely N-dealkylation sites (tertiary alicyclic amines) is 1. The minimum atomic E-state index is -0.847. The summed E-state index contributed by atoms with van der Waals surface area (Å²) >= 11 is 0. The van der Waals surface area contributed by atoms with Crippen molar-refractivity contribution in [3.63, 3.8) is 0 Å². The van der Waals surface area contributed by atoms with E-state index in [9.17, 15) is 14.7 Å². The number of phenols is 1. The Balaban J connectivity index is 1.31. The predicted molar refractivity (Wildman–Crippen MR) is 170 cm³/mol. The predicted octanol–water partition coefficient (Wildman–Crippen LogP) is 5.52. The van der Waals surface area contributed by atoms with Gasteiger partial charge in [0.15, 0.2) is 11.5 Å². The molecule has 1 saturated carbocycles. The van der Waals surface area contributed by atoms with E-state index < -0.39 is 17.1 Å². The fourth-order valence-corrected chi connectivity index (χ4v) is 8.96. The largest absolute Gasteiger partial charge is 0.504 e. The van der Waals surface area contributed by atoms with E-state index in [2.05, 4.69) is 43.0 Å². The molecule has 8 heteroatoms. The van der Waals surface area contributed by atoms with Crippen LogP contribution in [0.25, 0.3) is 6.08 Å². The molecule has 1 spiro atoms. The van der Waals surface area contributed by atoms with Crippen LogP contribution in [0.1, 0.15) is 62.3 Å². The number of carbonyl (C=O) groups excluding carboxylic acids is 2. The van der Waals surface area contributed by atoms with Crippen molar-refractivity contribution >= 4 is 18.0 Å². The first-order chi connectivity index (χ1) is 21.7.